The van der Waals surface area contributed by atoms with Crippen molar-refractivity contribution in [2.75, 3.05) is 12.1 Å². The quantitative estimate of drug-likeness (QED) is 0.782. The minimum atomic E-state index is -0.656. The Bertz CT molecular complexity index is 487. The molecule has 0 aliphatic rings. The second kappa shape index (κ2) is 6.36. The SMILES string of the molecule is CC(CO)(Cc1ccccc1)ONc1ccccc1. The van der Waals surface area contributed by atoms with E-state index < -0.39 is 5.60 Å². The van der Waals surface area contributed by atoms with Crippen LogP contribution in [0.5, 0.6) is 0 Å². The molecule has 2 rings (SSSR count). The molecule has 0 heterocycles. The van der Waals surface area contributed by atoms with E-state index in [9.17, 15) is 5.11 Å². The van der Waals surface area contributed by atoms with E-state index in [4.69, 9.17) is 4.84 Å². The highest BCUT2D eigenvalue weighted by molar-refractivity contribution is 5.40. The van der Waals surface area contributed by atoms with E-state index in [0.29, 0.717) is 6.42 Å². The van der Waals surface area contributed by atoms with Gasteiger partial charge >= 0.3 is 0 Å². The zero-order valence-corrected chi connectivity index (χ0v) is 11.0. The highest BCUT2D eigenvalue weighted by Gasteiger charge is 2.25. The fourth-order valence-electron chi connectivity index (χ4n) is 1.84. The van der Waals surface area contributed by atoms with Gasteiger partial charge in [-0.2, -0.15) is 0 Å². The standard InChI is InChI=1S/C16H19NO2/c1-16(13-18,12-14-8-4-2-5-9-14)19-17-15-10-6-3-7-11-15/h2-11,17-18H,12-13H2,1H3. The van der Waals surface area contributed by atoms with E-state index in [1.807, 2.05) is 67.6 Å². The average molecular weight is 257 g/mol. The zero-order chi connectivity index (χ0) is 13.6. The van der Waals surface area contributed by atoms with Gasteiger partial charge in [-0.25, -0.2) is 0 Å². The lowest BCUT2D eigenvalue weighted by Gasteiger charge is -2.27. The van der Waals surface area contributed by atoms with Crippen molar-refractivity contribution < 1.29 is 9.94 Å². The minimum Gasteiger partial charge on any atom is -0.393 e. The summed E-state index contributed by atoms with van der Waals surface area (Å²) in [6.45, 7) is 1.83. The highest BCUT2D eigenvalue weighted by Crippen LogP contribution is 2.18. The van der Waals surface area contributed by atoms with Gasteiger partial charge in [0.2, 0.25) is 0 Å². The Hall–Kier alpha value is -1.84. The van der Waals surface area contributed by atoms with Gasteiger partial charge in [-0.15, -0.1) is 0 Å². The Labute approximate surface area is 113 Å². The molecule has 0 spiro atoms. The molecule has 2 aromatic rings. The normalized spacial score (nSPS) is 13.8. The number of nitrogens with one attached hydrogen (secondary N) is 1. The predicted molar refractivity (Wildman–Crippen MR) is 76.8 cm³/mol. The van der Waals surface area contributed by atoms with E-state index in [2.05, 4.69) is 5.48 Å². The number of aliphatic hydroxyl groups excluding tert-OH is 1. The number of hydrogen-bond donors (Lipinski definition) is 2. The number of aliphatic hydroxyl groups is 1. The van der Waals surface area contributed by atoms with Crippen molar-refractivity contribution in [3.05, 3.63) is 66.2 Å². The van der Waals surface area contributed by atoms with Crippen LogP contribution in [0.3, 0.4) is 0 Å². The van der Waals surface area contributed by atoms with Crippen molar-refractivity contribution in [2.24, 2.45) is 0 Å². The monoisotopic (exact) mass is 257 g/mol. The molecule has 3 nitrogen and oxygen atoms in total. The minimum absolute atomic E-state index is 0.0538. The lowest BCUT2D eigenvalue weighted by molar-refractivity contribution is -0.0380. The van der Waals surface area contributed by atoms with Gasteiger partial charge in [0, 0.05) is 6.42 Å². The van der Waals surface area contributed by atoms with Crippen LogP contribution < -0.4 is 5.48 Å². The topological polar surface area (TPSA) is 41.5 Å². The van der Waals surface area contributed by atoms with Crippen LogP contribution in [0.4, 0.5) is 5.69 Å². The number of para-hydroxylation sites is 1. The first-order chi connectivity index (χ1) is 9.22. The molecule has 0 fully saturated rings. The van der Waals surface area contributed by atoms with Crippen molar-refractivity contribution in [3.63, 3.8) is 0 Å². The van der Waals surface area contributed by atoms with E-state index in [1.165, 1.54) is 0 Å². The van der Waals surface area contributed by atoms with Crippen LogP contribution >= 0.6 is 0 Å². The van der Waals surface area contributed by atoms with Crippen molar-refractivity contribution in [2.45, 2.75) is 18.9 Å². The fraction of sp³-hybridized carbons (Fsp3) is 0.250. The first-order valence-corrected chi connectivity index (χ1v) is 6.36. The maximum Gasteiger partial charge on any atom is 0.120 e. The van der Waals surface area contributed by atoms with Gasteiger partial charge in [-0.05, 0) is 24.6 Å². The molecule has 2 aromatic carbocycles. The van der Waals surface area contributed by atoms with Crippen molar-refractivity contribution in [1.82, 2.24) is 0 Å². The Morgan fingerprint density at radius 2 is 1.58 bits per heavy atom. The summed E-state index contributed by atoms with van der Waals surface area (Å²) in [6.07, 6.45) is 0.643. The molecule has 1 unspecified atom stereocenters. The third kappa shape index (κ3) is 4.09. The van der Waals surface area contributed by atoms with Gasteiger partial charge in [0.25, 0.3) is 0 Å². The number of anilines is 1. The third-order valence-corrected chi connectivity index (χ3v) is 2.94. The van der Waals surface area contributed by atoms with Crippen molar-refractivity contribution >= 4 is 5.69 Å². The maximum absolute atomic E-state index is 9.56. The Balaban J connectivity index is 1.98. The van der Waals surface area contributed by atoms with Crippen LogP contribution in [-0.2, 0) is 11.3 Å². The number of rotatable bonds is 6. The second-order valence-electron chi connectivity index (χ2n) is 4.84. The van der Waals surface area contributed by atoms with Crippen LogP contribution in [0.2, 0.25) is 0 Å². The van der Waals surface area contributed by atoms with Crippen LogP contribution in [-0.4, -0.2) is 17.3 Å². The molecule has 19 heavy (non-hydrogen) atoms. The number of benzene rings is 2. The summed E-state index contributed by atoms with van der Waals surface area (Å²) in [7, 11) is 0. The van der Waals surface area contributed by atoms with Crippen LogP contribution in [0.1, 0.15) is 12.5 Å². The first-order valence-electron chi connectivity index (χ1n) is 6.36. The lowest BCUT2D eigenvalue weighted by atomic mass is 9.97. The molecular weight excluding hydrogens is 238 g/mol. The average Bonchev–Trinajstić information content (AvgIpc) is 2.47. The van der Waals surface area contributed by atoms with Crippen molar-refractivity contribution in [3.8, 4) is 0 Å². The van der Waals surface area contributed by atoms with E-state index in [1.54, 1.807) is 0 Å². The van der Waals surface area contributed by atoms with E-state index in [-0.39, 0.29) is 6.61 Å². The maximum atomic E-state index is 9.56. The molecule has 100 valence electrons. The predicted octanol–water partition coefficient (Wildman–Crippen LogP) is 3.02. The molecular formula is C16H19NO2. The molecule has 2 N–H and O–H groups in total. The van der Waals surface area contributed by atoms with E-state index >= 15 is 0 Å². The first kappa shape index (κ1) is 13.6. The summed E-state index contributed by atoms with van der Waals surface area (Å²) in [5.41, 5.74) is 4.24. The van der Waals surface area contributed by atoms with Gasteiger partial charge in [0.1, 0.15) is 5.60 Å². The molecule has 0 saturated heterocycles. The van der Waals surface area contributed by atoms with Crippen LogP contribution in [0, 0.1) is 0 Å². The number of hydrogen-bond acceptors (Lipinski definition) is 3. The van der Waals surface area contributed by atoms with Crippen molar-refractivity contribution in [1.29, 1.82) is 0 Å². The Morgan fingerprint density at radius 1 is 1.00 bits per heavy atom. The third-order valence-electron chi connectivity index (χ3n) is 2.94. The molecule has 3 heteroatoms. The van der Waals surface area contributed by atoms with Crippen LogP contribution in [0.15, 0.2) is 60.7 Å². The summed E-state index contributed by atoms with van der Waals surface area (Å²) in [5.74, 6) is 0. The van der Waals surface area contributed by atoms with Gasteiger partial charge in [0.15, 0.2) is 0 Å². The second-order valence-corrected chi connectivity index (χ2v) is 4.84. The summed E-state index contributed by atoms with van der Waals surface area (Å²) in [5, 5.41) is 9.56. The van der Waals surface area contributed by atoms with Gasteiger partial charge in [-0.3, -0.25) is 10.3 Å². The molecule has 0 aliphatic carbocycles. The fourth-order valence-corrected chi connectivity index (χ4v) is 1.84. The highest BCUT2D eigenvalue weighted by atomic mass is 16.7. The Kier molecular flexibility index (Phi) is 4.55. The smallest absolute Gasteiger partial charge is 0.120 e. The zero-order valence-electron chi connectivity index (χ0n) is 11.0. The molecule has 0 aromatic heterocycles. The largest absolute Gasteiger partial charge is 0.393 e. The Morgan fingerprint density at radius 3 is 2.16 bits per heavy atom. The summed E-state index contributed by atoms with van der Waals surface area (Å²) in [6, 6.07) is 19.6. The summed E-state index contributed by atoms with van der Waals surface area (Å²) in [4.78, 5) is 5.67. The van der Waals surface area contributed by atoms with Gasteiger partial charge < -0.3 is 5.11 Å². The van der Waals surface area contributed by atoms with E-state index in [0.717, 1.165) is 11.3 Å². The summed E-state index contributed by atoms with van der Waals surface area (Å²) < 4.78 is 0. The van der Waals surface area contributed by atoms with Gasteiger partial charge in [0.05, 0.1) is 12.3 Å². The molecule has 0 bridgehead atoms. The molecule has 0 aliphatic heterocycles. The van der Waals surface area contributed by atoms with Gasteiger partial charge in [-0.1, -0.05) is 48.5 Å². The molecule has 1 atom stereocenters. The molecule has 0 saturated carbocycles. The molecule has 0 radical (unpaired) electrons. The summed E-state index contributed by atoms with van der Waals surface area (Å²) >= 11 is 0. The molecule has 0 amide bonds. The lowest BCUT2D eigenvalue weighted by Crippen LogP contribution is -2.37. The van der Waals surface area contributed by atoms with Crippen LogP contribution in [0.25, 0.3) is 0 Å².